The molecule has 0 saturated heterocycles. The fourth-order valence-corrected chi connectivity index (χ4v) is 7.13. The molecule has 0 N–H and O–H groups in total. The summed E-state index contributed by atoms with van der Waals surface area (Å²) in [5.74, 6) is 0. The molecule has 38 heavy (non-hydrogen) atoms. The van der Waals surface area contributed by atoms with E-state index in [1.807, 2.05) is 23.1 Å². The number of para-hydroxylation sites is 2. The molecule has 1 aromatic heterocycles. The molecule has 0 fully saturated rings. The quantitative estimate of drug-likeness (QED) is 0.421. The Morgan fingerprint density at radius 3 is 2.42 bits per heavy atom. The van der Waals surface area contributed by atoms with Gasteiger partial charge in [0.05, 0.1) is 10.7 Å². The predicted molar refractivity (Wildman–Crippen MR) is 145 cm³/mol. The fraction of sp³-hybridized carbons (Fsp3) is 0.250. The van der Waals surface area contributed by atoms with Crippen molar-refractivity contribution in [2.75, 3.05) is 11.4 Å². The van der Waals surface area contributed by atoms with E-state index in [4.69, 9.17) is 30.2 Å². The molecule has 6 nitrogen and oxygen atoms in total. The number of aryl methyl sites for hydroxylation is 1. The van der Waals surface area contributed by atoms with Gasteiger partial charge in [0.15, 0.2) is 0 Å². The van der Waals surface area contributed by atoms with Crippen molar-refractivity contribution in [1.29, 1.82) is 0 Å². The summed E-state index contributed by atoms with van der Waals surface area (Å²) in [6, 6.07) is 17.2. The first-order valence-electron chi connectivity index (χ1n) is 12.2. The molecule has 1 aliphatic heterocycles. The number of rotatable bonds is 5. The average molecular weight is 592 g/mol. The van der Waals surface area contributed by atoms with Gasteiger partial charge in [-0.25, -0.2) is 18.6 Å². The van der Waals surface area contributed by atoms with Crippen LogP contribution in [0.3, 0.4) is 0 Å². The molecular formula is C28H28Cl2N2O4S2. The monoisotopic (exact) mass is 590 g/mol. The van der Waals surface area contributed by atoms with E-state index in [0.29, 0.717) is 0 Å². The van der Waals surface area contributed by atoms with Crippen molar-refractivity contribution in [3.63, 3.8) is 0 Å². The Morgan fingerprint density at radius 1 is 0.974 bits per heavy atom. The van der Waals surface area contributed by atoms with Crippen molar-refractivity contribution in [3.8, 4) is 0 Å². The van der Waals surface area contributed by atoms with Crippen LogP contribution in [0.2, 0.25) is 0 Å². The zero-order valence-electron chi connectivity index (χ0n) is 21.1. The standard InChI is InChI=1S/C28H28ClN2S2.ClHO4/c1-3-30-22-12-5-7-14-24(22)32-26(30)18-16-20-10-9-11-21(28(20)29)17-19-27-31(4-2)23-13-6-8-15-25(23)33-27;2-1(3,4)5/h5-8,12-19H,3-4,9-11H2,1-2H3;(H,2,3,4,5)/q+1;/p-1. The van der Waals surface area contributed by atoms with E-state index in [1.54, 1.807) is 0 Å². The number of allylic oxidation sites excluding steroid dienone is 6. The lowest BCUT2D eigenvalue weighted by atomic mass is 9.94. The molecule has 200 valence electrons. The van der Waals surface area contributed by atoms with Crippen LogP contribution >= 0.6 is 34.7 Å². The highest BCUT2D eigenvalue weighted by Crippen LogP contribution is 2.45. The second-order valence-corrected chi connectivity index (χ2v) is 11.8. The van der Waals surface area contributed by atoms with Crippen LogP contribution in [0.4, 0.5) is 5.69 Å². The maximum Gasteiger partial charge on any atom is 0.262 e. The van der Waals surface area contributed by atoms with E-state index in [2.05, 4.69) is 96.1 Å². The van der Waals surface area contributed by atoms with Crippen molar-refractivity contribution in [2.45, 2.75) is 44.6 Å². The van der Waals surface area contributed by atoms with Crippen molar-refractivity contribution in [1.82, 2.24) is 0 Å². The number of fused-ring (bicyclic) bond motifs is 2. The number of aromatic nitrogens is 1. The maximum absolute atomic E-state index is 8.49. The van der Waals surface area contributed by atoms with Gasteiger partial charge in [-0.05, 0) is 68.5 Å². The van der Waals surface area contributed by atoms with E-state index < -0.39 is 10.2 Å². The molecule has 1 aliphatic carbocycles. The van der Waals surface area contributed by atoms with Gasteiger partial charge >= 0.3 is 0 Å². The van der Waals surface area contributed by atoms with Crippen molar-refractivity contribution < 1.29 is 33.4 Å². The molecule has 0 unspecified atom stereocenters. The molecule has 2 aliphatic rings. The molecule has 10 heteroatoms. The second kappa shape index (κ2) is 12.8. The second-order valence-electron chi connectivity index (χ2n) is 8.57. The third-order valence-corrected chi connectivity index (χ3v) is 8.96. The third kappa shape index (κ3) is 7.08. The Kier molecular flexibility index (Phi) is 9.73. The van der Waals surface area contributed by atoms with Gasteiger partial charge in [0.2, 0.25) is 5.52 Å². The van der Waals surface area contributed by atoms with Crippen LogP contribution in [0.25, 0.3) is 16.3 Å². The zero-order valence-corrected chi connectivity index (χ0v) is 24.2. The summed E-state index contributed by atoms with van der Waals surface area (Å²) in [5, 5.41) is 3.46. The lowest BCUT2D eigenvalue weighted by Gasteiger charge is -2.19. The number of thioether (sulfide) groups is 1. The zero-order chi connectivity index (χ0) is 27.3. The topological polar surface area (TPSA) is 99.4 Å². The van der Waals surface area contributed by atoms with Crippen LogP contribution in [-0.4, -0.2) is 6.54 Å². The number of halogens is 2. The number of thiazole rings is 1. The lowest BCUT2D eigenvalue weighted by Crippen LogP contribution is -2.68. The van der Waals surface area contributed by atoms with Gasteiger partial charge in [0.1, 0.15) is 11.2 Å². The minimum absolute atomic E-state index is 0.919. The Morgan fingerprint density at radius 2 is 1.68 bits per heavy atom. The molecule has 0 bridgehead atoms. The number of nitrogens with zero attached hydrogens (tertiary/aromatic N) is 2. The van der Waals surface area contributed by atoms with Gasteiger partial charge in [-0.2, -0.15) is 4.57 Å². The molecule has 0 atom stereocenters. The van der Waals surface area contributed by atoms with Gasteiger partial charge in [-0.15, -0.1) is 10.2 Å². The van der Waals surface area contributed by atoms with E-state index in [0.717, 1.165) is 37.4 Å². The van der Waals surface area contributed by atoms with Crippen LogP contribution in [-0.2, 0) is 6.54 Å². The molecule has 0 radical (unpaired) electrons. The Hall–Kier alpha value is -2.14. The van der Waals surface area contributed by atoms with Gasteiger partial charge < -0.3 is 4.90 Å². The highest BCUT2D eigenvalue weighted by atomic mass is 35.7. The summed E-state index contributed by atoms with van der Waals surface area (Å²) in [7, 11) is -4.94. The molecule has 3 aromatic rings. The molecular weight excluding hydrogens is 563 g/mol. The summed E-state index contributed by atoms with van der Waals surface area (Å²) in [5.41, 5.74) is 5.08. The molecule has 2 aromatic carbocycles. The third-order valence-electron chi connectivity index (χ3n) is 6.22. The SMILES string of the molecule is CCN1/C(=C\C=C2/CCCC(/C=C/c3sc4ccccc4[n+]3CC)=C2Cl)Sc2ccccc21.[O-][Cl+3]([O-])([O-])[O-]. The van der Waals surface area contributed by atoms with Gasteiger partial charge in [-0.3, -0.25) is 0 Å². The summed E-state index contributed by atoms with van der Waals surface area (Å²) < 4.78 is 37.7. The predicted octanol–water partition coefficient (Wildman–Crippen LogP) is 3.54. The van der Waals surface area contributed by atoms with Crippen LogP contribution in [0.5, 0.6) is 0 Å². The molecule has 0 amide bonds. The summed E-state index contributed by atoms with van der Waals surface area (Å²) in [6.07, 6.45) is 12.2. The van der Waals surface area contributed by atoms with E-state index in [9.17, 15) is 0 Å². The minimum atomic E-state index is -4.94. The lowest BCUT2D eigenvalue weighted by molar-refractivity contribution is -2.00. The van der Waals surface area contributed by atoms with Crippen LogP contribution in [0, 0.1) is 10.2 Å². The fourth-order valence-electron chi connectivity index (χ4n) is 4.56. The number of benzene rings is 2. The van der Waals surface area contributed by atoms with Crippen molar-refractivity contribution in [2.24, 2.45) is 0 Å². The summed E-state index contributed by atoms with van der Waals surface area (Å²) in [4.78, 5) is 3.70. The smallest absolute Gasteiger partial charge is 0.262 e. The summed E-state index contributed by atoms with van der Waals surface area (Å²) in [6.45, 7) is 6.33. The maximum atomic E-state index is 8.49. The number of hydrogen-bond donors (Lipinski definition) is 0. The number of anilines is 1. The molecule has 5 rings (SSSR count). The van der Waals surface area contributed by atoms with Crippen molar-refractivity contribution >= 4 is 56.7 Å². The van der Waals surface area contributed by atoms with E-state index in [-0.39, 0.29) is 0 Å². The first kappa shape index (κ1) is 28.9. The van der Waals surface area contributed by atoms with Gasteiger partial charge in [-0.1, -0.05) is 71.1 Å². The first-order chi connectivity index (χ1) is 18.2. The van der Waals surface area contributed by atoms with Crippen LogP contribution < -0.4 is 28.1 Å². The van der Waals surface area contributed by atoms with Crippen molar-refractivity contribution in [3.05, 3.63) is 93.0 Å². The normalized spacial score (nSPS) is 18.0. The molecule has 2 heterocycles. The number of hydrogen-bond acceptors (Lipinski definition) is 7. The Balaban J connectivity index is 0.000000617. The minimum Gasteiger partial charge on any atom is -0.335 e. The van der Waals surface area contributed by atoms with E-state index in [1.165, 1.54) is 42.0 Å². The Bertz CT molecular complexity index is 1420. The van der Waals surface area contributed by atoms with Gasteiger partial charge in [0, 0.05) is 28.6 Å². The molecule has 0 spiro atoms. The first-order valence-corrected chi connectivity index (χ1v) is 15.5. The van der Waals surface area contributed by atoms with Crippen LogP contribution in [0.15, 0.2) is 92.9 Å². The van der Waals surface area contributed by atoms with Crippen LogP contribution in [0.1, 0.15) is 38.1 Å². The summed E-state index contributed by atoms with van der Waals surface area (Å²) >= 11 is 10.6. The highest BCUT2D eigenvalue weighted by molar-refractivity contribution is 8.03. The average Bonchev–Trinajstić information content (AvgIpc) is 3.43. The van der Waals surface area contributed by atoms with E-state index >= 15 is 0 Å². The largest absolute Gasteiger partial charge is 0.335 e. The highest BCUT2D eigenvalue weighted by Gasteiger charge is 2.23. The Labute approximate surface area is 238 Å². The van der Waals surface area contributed by atoms with Gasteiger partial charge in [0.25, 0.3) is 5.01 Å². The molecule has 0 saturated carbocycles.